The van der Waals surface area contributed by atoms with Gasteiger partial charge in [-0.1, -0.05) is 46.9 Å². The lowest BCUT2D eigenvalue weighted by Crippen LogP contribution is -2.49. The molecule has 4 aliphatic rings. The molecule has 1 amide bonds. The van der Waals surface area contributed by atoms with Gasteiger partial charge in [-0.15, -0.1) is 0 Å². The third-order valence-electron chi connectivity index (χ3n) is 8.51. The van der Waals surface area contributed by atoms with Crippen LogP contribution in [0.15, 0.2) is 42.5 Å². The SMILES string of the molecule is Cc1c(C(=O)NCC2C3CC4CC(C3)CC2C4)nn(-c2ccc(Cl)cc2Cl)c1-c1ccc(Cl)cc1. The van der Waals surface area contributed by atoms with E-state index in [1.54, 1.807) is 16.8 Å². The van der Waals surface area contributed by atoms with Crippen molar-refractivity contribution in [2.75, 3.05) is 6.54 Å². The molecular formula is C28H28Cl3N3O. The van der Waals surface area contributed by atoms with E-state index < -0.39 is 0 Å². The van der Waals surface area contributed by atoms with Gasteiger partial charge in [-0.25, -0.2) is 4.68 Å². The van der Waals surface area contributed by atoms with Crippen LogP contribution in [0.5, 0.6) is 0 Å². The number of hydrogen-bond donors (Lipinski definition) is 1. The number of hydrogen-bond acceptors (Lipinski definition) is 2. The Kier molecular flexibility index (Phi) is 6.11. The van der Waals surface area contributed by atoms with Gasteiger partial charge < -0.3 is 5.32 Å². The van der Waals surface area contributed by atoms with Gasteiger partial charge in [-0.2, -0.15) is 5.10 Å². The Bertz CT molecular complexity index is 1260. The average molecular weight is 529 g/mol. The highest BCUT2D eigenvalue weighted by Gasteiger charge is 2.48. The number of nitrogens with one attached hydrogen (secondary N) is 1. The van der Waals surface area contributed by atoms with Gasteiger partial charge >= 0.3 is 0 Å². The first-order valence-electron chi connectivity index (χ1n) is 12.5. The van der Waals surface area contributed by atoms with E-state index in [0.29, 0.717) is 32.4 Å². The number of carbonyl (C=O) groups is 1. The molecule has 0 saturated heterocycles. The fourth-order valence-corrected chi connectivity index (χ4v) is 7.77. The van der Waals surface area contributed by atoms with Crippen LogP contribution < -0.4 is 5.32 Å². The van der Waals surface area contributed by atoms with Gasteiger partial charge in [-0.05, 0) is 98.9 Å². The average Bonchev–Trinajstić information content (AvgIpc) is 3.15. The number of rotatable bonds is 5. The second kappa shape index (κ2) is 9.14. The predicted molar refractivity (Wildman–Crippen MR) is 142 cm³/mol. The first-order valence-corrected chi connectivity index (χ1v) is 13.6. The molecule has 182 valence electrons. The van der Waals surface area contributed by atoms with Crippen molar-refractivity contribution in [3.63, 3.8) is 0 Å². The molecule has 0 unspecified atom stereocenters. The van der Waals surface area contributed by atoms with Gasteiger partial charge in [0.15, 0.2) is 5.69 Å². The minimum Gasteiger partial charge on any atom is -0.350 e. The summed E-state index contributed by atoms with van der Waals surface area (Å²) in [5.41, 5.74) is 3.62. The number of nitrogens with zero attached hydrogens (tertiary/aromatic N) is 2. The van der Waals surface area contributed by atoms with E-state index in [-0.39, 0.29) is 5.91 Å². The Morgan fingerprint density at radius 3 is 2.20 bits per heavy atom. The molecule has 4 saturated carbocycles. The molecule has 4 nitrogen and oxygen atoms in total. The number of benzene rings is 2. The summed E-state index contributed by atoms with van der Waals surface area (Å²) in [7, 11) is 0. The predicted octanol–water partition coefficient (Wildman–Crippen LogP) is 7.61. The van der Waals surface area contributed by atoms with Crippen molar-refractivity contribution < 1.29 is 4.79 Å². The third-order valence-corrected chi connectivity index (χ3v) is 9.30. The van der Waals surface area contributed by atoms with Gasteiger partial charge in [-0.3, -0.25) is 4.79 Å². The monoisotopic (exact) mass is 527 g/mol. The second-order valence-corrected chi connectivity index (χ2v) is 11.9. The van der Waals surface area contributed by atoms with E-state index in [4.69, 9.17) is 39.9 Å². The molecule has 0 spiro atoms. The van der Waals surface area contributed by atoms with Gasteiger partial charge in [0, 0.05) is 27.7 Å². The first-order chi connectivity index (χ1) is 16.9. The first kappa shape index (κ1) is 23.4. The lowest BCUT2D eigenvalue weighted by molar-refractivity contribution is -0.0347. The highest BCUT2D eigenvalue weighted by Crippen LogP contribution is 2.56. The molecule has 4 bridgehead atoms. The van der Waals surface area contributed by atoms with Crippen LogP contribution in [0.3, 0.4) is 0 Å². The Hall–Kier alpha value is -2.01. The molecule has 7 rings (SSSR count). The molecular weight excluding hydrogens is 501 g/mol. The van der Waals surface area contributed by atoms with Crippen LogP contribution in [0.4, 0.5) is 0 Å². The van der Waals surface area contributed by atoms with Crippen LogP contribution in [0.2, 0.25) is 15.1 Å². The zero-order valence-corrected chi connectivity index (χ0v) is 21.9. The molecule has 4 aliphatic carbocycles. The molecule has 4 fully saturated rings. The molecule has 35 heavy (non-hydrogen) atoms. The summed E-state index contributed by atoms with van der Waals surface area (Å²) in [6.07, 6.45) is 6.81. The largest absolute Gasteiger partial charge is 0.350 e. The van der Waals surface area contributed by atoms with Crippen LogP contribution in [-0.2, 0) is 0 Å². The lowest BCUT2D eigenvalue weighted by atomic mass is 9.52. The fourth-order valence-electron chi connectivity index (χ4n) is 7.15. The number of aromatic nitrogens is 2. The van der Waals surface area contributed by atoms with Crippen molar-refractivity contribution >= 4 is 40.7 Å². The maximum atomic E-state index is 13.5. The number of halogens is 3. The summed E-state index contributed by atoms with van der Waals surface area (Å²) in [5, 5.41) is 9.69. The summed E-state index contributed by atoms with van der Waals surface area (Å²) >= 11 is 18.8. The van der Waals surface area contributed by atoms with Crippen LogP contribution in [0, 0.1) is 36.5 Å². The minimum absolute atomic E-state index is 0.129. The van der Waals surface area contributed by atoms with Gasteiger partial charge in [0.25, 0.3) is 5.91 Å². The zero-order valence-electron chi connectivity index (χ0n) is 19.6. The Morgan fingerprint density at radius 1 is 0.943 bits per heavy atom. The second-order valence-electron chi connectivity index (χ2n) is 10.6. The van der Waals surface area contributed by atoms with Crippen molar-refractivity contribution in [2.45, 2.75) is 39.0 Å². The summed E-state index contributed by atoms with van der Waals surface area (Å²) in [4.78, 5) is 13.5. The normalized spacial score (nSPS) is 26.8. The molecule has 2 aromatic carbocycles. The van der Waals surface area contributed by atoms with Crippen LogP contribution >= 0.6 is 34.8 Å². The van der Waals surface area contributed by atoms with Crippen molar-refractivity contribution in [1.29, 1.82) is 0 Å². The van der Waals surface area contributed by atoms with E-state index in [2.05, 4.69) is 5.32 Å². The van der Waals surface area contributed by atoms with E-state index >= 15 is 0 Å². The van der Waals surface area contributed by atoms with Gasteiger partial charge in [0.2, 0.25) is 0 Å². The molecule has 1 N–H and O–H groups in total. The molecule has 1 heterocycles. The highest BCUT2D eigenvalue weighted by atomic mass is 35.5. The molecule has 1 aromatic heterocycles. The third kappa shape index (κ3) is 4.28. The smallest absolute Gasteiger partial charge is 0.272 e. The lowest BCUT2D eigenvalue weighted by Gasteiger charge is -2.54. The van der Waals surface area contributed by atoms with E-state index in [1.807, 2.05) is 37.3 Å². The van der Waals surface area contributed by atoms with Crippen molar-refractivity contribution in [2.24, 2.45) is 29.6 Å². The van der Waals surface area contributed by atoms with Crippen LogP contribution in [-0.4, -0.2) is 22.2 Å². The van der Waals surface area contributed by atoms with Crippen molar-refractivity contribution in [3.8, 4) is 16.9 Å². The Balaban J connectivity index is 1.32. The van der Waals surface area contributed by atoms with Crippen LogP contribution in [0.25, 0.3) is 16.9 Å². The summed E-state index contributed by atoms with van der Waals surface area (Å²) in [5.74, 6) is 3.85. The van der Waals surface area contributed by atoms with E-state index in [0.717, 1.165) is 47.0 Å². The maximum absolute atomic E-state index is 13.5. The summed E-state index contributed by atoms with van der Waals surface area (Å²) in [6, 6.07) is 12.8. The van der Waals surface area contributed by atoms with E-state index in [1.165, 1.54) is 32.1 Å². The topological polar surface area (TPSA) is 46.9 Å². The summed E-state index contributed by atoms with van der Waals surface area (Å²) < 4.78 is 1.75. The van der Waals surface area contributed by atoms with Crippen molar-refractivity contribution in [1.82, 2.24) is 15.1 Å². The molecule has 0 atom stereocenters. The quantitative estimate of drug-likeness (QED) is 0.370. The standard InChI is InChI=1S/C28H28Cl3N3O/c1-15-26(28(35)32-14-23-19-9-16-8-17(11-19)12-20(23)10-16)33-34(25-7-6-22(30)13-24(25)31)27(15)18-2-4-21(29)5-3-18/h2-7,13,16-17,19-20,23H,8-12,14H2,1H3,(H,32,35). The maximum Gasteiger partial charge on any atom is 0.272 e. The van der Waals surface area contributed by atoms with Gasteiger partial charge in [0.05, 0.1) is 16.4 Å². The summed E-state index contributed by atoms with van der Waals surface area (Å²) in [6.45, 7) is 2.67. The van der Waals surface area contributed by atoms with E-state index in [9.17, 15) is 4.79 Å². The number of carbonyl (C=O) groups excluding carboxylic acids is 1. The zero-order chi connectivity index (χ0) is 24.3. The highest BCUT2D eigenvalue weighted by molar-refractivity contribution is 6.35. The van der Waals surface area contributed by atoms with Crippen molar-refractivity contribution in [3.05, 3.63) is 68.8 Å². The van der Waals surface area contributed by atoms with Gasteiger partial charge in [0.1, 0.15) is 0 Å². The Labute approximate surface area is 221 Å². The molecule has 0 aliphatic heterocycles. The molecule has 7 heteroatoms. The number of amides is 1. The Morgan fingerprint density at radius 2 is 1.57 bits per heavy atom. The van der Waals surface area contributed by atoms with Crippen LogP contribution in [0.1, 0.15) is 48.2 Å². The molecule has 0 radical (unpaired) electrons. The minimum atomic E-state index is -0.129. The fraction of sp³-hybridized carbons (Fsp3) is 0.429. The molecule has 3 aromatic rings.